The van der Waals surface area contributed by atoms with Crippen molar-refractivity contribution in [2.45, 2.75) is 105 Å². The van der Waals surface area contributed by atoms with Crippen LogP contribution in [0, 0.1) is 0 Å². The summed E-state index contributed by atoms with van der Waals surface area (Å²) in [6.07, 6.45) is 18.3. The van der Waals surface area contributed by atoms with E-state index >= 15 is 0 Å². The first-order chi connectivity index (χ1) is 13.2. The van der Waals surface area contributed by atoms with Crippen LogP contribution >= 0.6 is 7.26 Å². The summed E-state index contributed by atoms with van der Waals surface area (Å²) >= 11 is 0. The molecule has 0 radical (unpaired) electrons. The summed E-state index contributed by atoms with van der Waals surface area (Å²) in [7, 11) is -4.57. The average molecular weight is 440 g/mol. The van der Waals surface area contributed by atoms with E-state index in [-0.39, 0.29) is 5.75 Å². The molecule has 0 aromatic carbocycles. The zero-order valence-corrected chi connectivity index (χ0v) is 21.5. The predicted octanol–water partition coefficient (Wildman–Crippen LogP) is 6.12. The molecule has 0 aromatic heterocycles. The van der Waals surface area contributed by atoms with Crippen LogP contribution in [-0.2, 0) is 10.1 Å². The van der Waals surface area contributed by atoms with Gasteiger partial charge in [0.1, 0.15) is 0 Å². The van der Waals surface area contributed by atoms with Gasteiger partial charge in [-0.2, -0.15) is 0 Å². The second kappa shape index (κ2) is 19.3. The molecule has 0 bridgehead atoms. The van der Waals surface area contributed by atoms with E-state index in [0.717, 1.165) is 0 Å². The van der Waals surface area contributed by atoms with Crippen LogP contribution in [0.4, 0.5) is 0 Å². The number of nitrogens with one attached hydrogen (secondary N) is 1. The van der Waals surface area contributed by atoms with Gasteiger partial charge in [0.2, 0.25) is 0 Å². The number of hydrogen-bond acceptors (Lipinski definition) is 4. The van der Waals surface area contributed by atoms with E-state index in [1.54, 1.807) is 24.6 Å². The maximum atomic E-state index is 10.1. The highest BCUT2D eigenvalue weighted by molar-refractivity contribution is 7.85. The third-order valence-corrected chi connectivity index (χ3v) is 10.9. The van der Waals surface area contributed by atoms with Crippen LogP contribution in [-0.4, -0.2) is 56.0 Å². The molecule has 0 amide bonds. The monoisotopic (exact) mass is 439 g/mol. The lowest BCUT2D eigenvalue weighted by Crippen LogP contribution is -2.25. The molecule has 28 heavy (non-hydrogen) atoms. The Labute approximate surface area is 178 Å². The Morgan fingerprint density at radius 1 is 0.750 bits per heavy atom. The highest BCUT2D eigenvalue weighted by Crippen LogP contribution is 2.61. The molecule has 172 valence electrons. The molecule has 0 aliphatic carbocycles. The van der Waals surface area contributed by atoms with Gasteiger partial charge in [0.05, 0.1) is 34.8 Å². The molecule has 0 atom stereocenters. The molecule has 0 heterocycles. The minimum absolute atomic E-state index is 0.271. The van der Waals surface area contributed by atoms with Crippen LogP contribution in [0.2, 0.25) is 0 Å². The molecule has 0 rings (SSSR count). The molecular weight excluding hydrogens is 389 g/mol. The molecule has 0 aliphatic heterocycles. The average Bonchev–Trinajstić information content (AvgIpc) is 2.64. The van der Waals surface area contributed by atoms with Crippen molar-refractivity contribution >= 4 is 17.4 Å². The molecule has 1 N–H and O–H groups in total. The van der Waals surface area contributed by atoms with Gasteiger partial charge in [-0.05, 0) is 38.6 Å². The molecule has 0 saturated heterocycles. The first kappa shape index (κ1) is 30.5. The molecule has 0 saturated carbocycles. The second-order valence-corrected chi connectivity index (χ2v) is 14.4. The Morgan fingerprint density at radius 3 is 1.36 bits per heavy atom. The van der Waals surface area contributed by atoms with E-state index in [1.165, 1.54) is 51.4 Å². The van der Waals surface area contributed by atoms with Crippen LogP contribution < -0.4 is 5.32 Å². The summed E-state index contributed by atoms with van der Waals surface area (Å²) in [5.74, 6) is -0.271. The van der Waals surface area contributed by atoms with Crippen molar-refractivity contribution < 1.29 is 13.0 Å². The first-order valence-electron chi connectivity index (χ1n) is 11.7. The van der Waals surface area contributed by atoms with E-state index in [9.17, 15) is 13.0 Å². The van der Waals surface area contributed by atoms with Gasteiger partial charge in [0.25, 0.3) is 0 Å². The van der Waals surface area contributed by atoms with E-state index < -0.39 is 17.4 Å². The molecule has 0 aromatic rings. The van der Waals surface area contributed by atoms with Gasteiger partial charge in [0.15, 0.2) is 0 Å². The van der Waals surface area contributed by atoms with Gasteiger partial charge in [-0.25, -0.2) is 8.42 Å². The van der Waals surface area contributed by atoms with Gasteiger partial charge in [-0.1, -0.05) is 67.2 Å². The van der Waals surface area contributed by atoms with E-state index in [2.05, 4.69) is 33.0 Å². The Kier molecular flexibility index (Phi) is 21.0. The SMILES string of the molecule is CC(C)NCCCS(=O)(=O)[O-].CCCC[P+](CCCC)(CCCC)CCCC. The summed E-state index contributed by atoms with van der Waals surface area (Å²) in [5.41, 5.74) is 0. The fourth-order valence-electron chi connectivity index (χ4n) is 3.28. The Bertz CT molecular complexity index is 390. The largest absolute Gasteiger partial charge is 0.748 e. The topological polar surface area (TPSA) is 69.2 Å². The van der Waals surface area contributed by atoms with Crippen molar-refractivity contribution in [1.29, 1.82) is 0 Å². The smallest absolute Gasteiger partial charge is 0.0946 e. The first-order valence-corrected chi connectivity index (χ1v) is 15.8. The van der Waals surface area contributed by atoms with Crippen LogP contribution in [0.25, 0.3) is 0 Å². The zero-order valence-electron chi connectivity index (χ0n) is 19.8. The second-order valence-electron chi connectivity index (χ2n) is 8.37. The van der Waals surface area contributed by atoms with Gasteiger partial charge in [-0.15, -0.1) is 0 Å². The minimum atomic E-state index is -4.01. The van der Waals surface area contributed by atoms with Crippen LogP contribution in [0.5, 0.6) is 0 Å². The van der Waals surface area contributed by atoms with Crippen molar-refractivity contribution in [2.24, 2.45) is 0 Å². The molecule has 6 heteroatoms. The number of unbranched alkanes of at least 4 members (excludes halogenated alkanes) is 4. The predicted molar refractivity (Wildman–Crippen MR) is 128 cm³/mol. The molecule has 0 spiro atoms. The molecule has 4 nitrogen and oxygen atoms in total. The van der Waals surface area contributed by atoms with Crippen molar-refractivity contribution in [3.63, 3.8) is 0 Å². The third kappa shape index (κ3) is 21.0. The van der Waals surface area contributed by atoms with E-state index in [1.807, 2.05) is 13.8 Å². The third-order valence-electron chi connectivity index (χ3n) is 5.07. The lowest BCUT2D eigenvalue weighted by molar-refractivity contribution is 0.459. The van der Waals surface area contributed by atoms with Crippen LogP contribution in [0.15, 0.2) is 0 Å². The summed E-state index contributed by atoms with van der Waals surface area (Å²) in [6.45, 7) is 13.9. The maximum Gasteiger partial charge on any atom is 0.0946 e. The number of hydrogen-bond donors (Lipinski definition) is 1. The van der Waals surface area contributed by atoms with Crippen molar-refractivity contribution in [3.8, 4) is 0 Å². The Balaban J connectivity index is 0. The Hall–Kier alpha value is 0.300. The molecule has 0 fully saturated rings. The quantitative estimate of drug-likeness (QED) is 0.168. The molecule has 0 aliphatic rings. The zero-order chi connectivity index (χ0) is 21.9. The lowest BCUT2D eigenvalue weighted by atomic mass is 10.4. The van der Waals surface area contributed by atoms with Gasteiger partial charge < -0.3 is 9.87 Å². The van der Waals surface area contributed by atoms with Gasteiger partial charge >= 0.3 is 0 Å². The molecule has 0 unspecified atom stereocenters. The maximum absolute atomic E-state index is 10.1. The highest BCUT2D eigenvalue weighted by atomic mass is 32.2. The van der Waals surface area contributed by atoms with Gasteiger partial charge in [0, 0.05) is 19.1 Å². The standard InChI is InChI=1S/C16H36P.C6H15NO3S/c1-5-9-13-17(14-10-6-2,15-11-7-3)16-12-8-4;1-6(2)7-4-3-5-11(8,9)10/h5-16H2,1-4H3;6-7H,3-5H2,1-2H3,(H,8,9,10)/q+1;/p-1. The normalized spacial score (nSPS) is 12.1. The van der Waals surface area contributed by atoms with Crippen molar-refractivity contribution in [1.82, 2.24) is 5.32 Å². The Morgan fingerprint density at radius 2 is 1.11 bits per heavy atom. The van der Waals surface area contributed by atoms with Crippen LogP contribution in [0.3, 0.4) is 0 Å². The highest BCUT2D eigenvalue weighted by Gasteiger charge is 2.34. The lowest BCUT2D eigenvalue weighted by Gasteiger charge is -2.28. The van der Waals surface area contributed by atoms with Gasteiger partial charge in [-0.3, -0.25) is 0 Å². The number of rotatable bonds is 17. The summed E-state index contributed by atoms with van der Waals surface area (Å²) < 4.78 is 30.3. The van der Waals surface area contributed by atoms with E-state index in [4.69, 9.17) is 0 Å². The molecular formula is C22H50NO3PS. The van der Waals surface area contributed by atoms with Crippen molar-refractivity contribution in [2.75, 3.05) is 36.9 Å². The van der Waals surface area contributed by atoms with Crippen LogP contribution in [0.1, 0.15) is 99.3 Å². The fraction of sp³-hybridized carbons (Fsp3) is 1.00. The minimum Gasteiger partial charge on any atom is -0.748 e. The van der Waals surface area contributed by atoms with Crippen molar-refractivity contribution in [3.05, 3.63) is 0 Å². The van der Waals surface area contributed by atoms with E-state index in [0.29, 0.717) is 19.0 Å². The summed E-state index contributed by atoms with van der Waals surface area (Å²) in [4.78, 5) is 0. The fourth-order valence-corrected chi connectivity index (χ4v) is 9.07. The summed E-state index contributed by atoms with van der Waals surface area (Å²) in [6, 6.07) is 0.337. The summed E-state index contributed by atoms with van der Waals surface area (Å²) in [5, 5.41) is 3.01.